The molecule has 0 bridgehead atoms. The van der Waals surface area contributed by atoms with Crippen LogP contribution in [0.3, 0.4) is 0 Å². The van der Waals surface area contributed by atoms with E-state index in [1.165, 1.54) is 0 Å². The zero-order valence-corrected chi connectivity index (χ0v) is 18.7. The molecule has 0 aliphatic carbocycles. The highest BCUT2D eigenvalue weighted by Crippen LogP contribution is 2.28. The van der Waals surface area contributed by atoms with Crippen molar-refractivity contribution in [1.29, 1.82) is 0 Å². The molecule has 2 fully saturated rings. The monoisotopic (exact) mass is 441 g/mol. The predicted molar refractivity (Wildman–Crippen MR) is 117 cm³/mol. The van der Waals surface area contributed by atoms with Gasteiger partial charge in [-0.2, -0.15) is 5.10 Å². The Kier molecular flexibility index (Phi) is 7.04. The molecule has 2 N–H and O–H groups in total. The lowest BCUT2D eigenvalue weighted by Crippen LogP contribution is -2.44. The number of aryl methyl sites for hydroxylation is 2. The second-order valence-electron chi connectivity index (χ2n) is 8.50. The van der Waals surface area contributed by atoms with Crippen LogP contribution >= 0.6 is 0 Å². The van der Waals surface area contributed by atoms with Crippen LogP contribution in [-0.2, 0) is 20.7 Å². The van der Waals surface area contributed by atoms with Crippen molar-refractivity contribution in [3.05, 3.63) is 41.5 Å². The Bertz CT molecular complexity index is 940. The van der Waals surface area contributed by atoms with E-state index in [9.17, 15) is 9.59 Å². The average Bonchev–Trinajstić information content (AvgIpc) is 3.44. The van der Waals surface area contributed by atoms with Crippen LogP contribution in [0.4, 0.5) is 0 Å². The van der Waals surface area contributed by atoms with E-state index in [-0.39, 0.29) is 29.7 Å². The van der Waals surface area contributed by atoms with E-state index in [0.29, 0.717) is 45.0 Å². The summed E-state index contributed by atoms with van der Waals surface area (Å²) in [5, 5.41) is 10.4. The molecular formula is C23H31N5O4. The molecule has 2 aromatic rings. The van der Waals surface area contributed by atoms with Gasteiger partial charge in [0, 0.05) is 38.6 Å². The number of carbonyl (C=O) groups is 2. The summed E-state index contributed by atoms with van der Waals surface area (Å²) in [7, 11) is 1.64. The van der Waals surface area contributed by atoms with Crippen LogP contribution in [0.25, 0.3) is 0 Å². The number of hydrogen-bond acceptors (Lipinski definition) is 6. The van der Waals surface area contributed by atoms with Crippen molar-refractivity contribution in [2.24, 2.45) is 5.92 Å². The Hall–Kier alpha value is -2.94. The number of benzene rings is 1. The molecule has 9 nitrogen and oxygen atoms in total. The van der Waals surface area contributed by atoms with Gasteiger partial charge in [-0.3, -0.25) is 14.7 Å². The van der Waals surface area contributed by atoms with Crippen LogP contribution in [0, 0.1) is 12.8 Å². The first kappa shape index (κ1) is 22.3. The van der Waals surface area contributed by atoms with E-state index in [4.69, 9.17) is 9.47 Å². The number of carbonyl (C=O) groups excluding carboxylic acids is 2. The lowest BCUT2D eigenvalue weighted by molar-refractivity contribution is -0.131. The Labute approximate surface area is 187 Å². The fraction of sp³-hybridized carbons (Fsp3) is 0.565. The molecule has 0 spiro atoms. The van der Waals surface area contributed by atoms with Gasteiger partial charge in [-0.15, -0.1) is 0 Å². The van der Waals surface area contributed by atoms with Gasteiger partial charge >= 0.3 is 0 Å². The van der Waals surface area contributed by atoms with Gasteiger partial charge in [0.1, 0.15) is 11.6 Å². The summed E-state index contributed by atoms with van der Waals surface area (Å²) >= 11 is 0. The van der Waals surface area contributed by atoms with Crippen molar-refractivity contribution in [1.82, 2.24) is 25.4 Å². The van der Waals surface area contributed by atoms with Gasteiger partial charge in [0.25, 0.3) is 0 Å². The highest BCUT2D eigenvalue weighted by Gasteiger charge is 2.40. The average molecular weight is 442 g/mol. The second kappa shape index (κ2) is 10.1. The lowest BCUT2D eigenvalue weighted by Gasteiger charge is -2.24. The molecule has 2 aliphatic heterocycles. The number of para-hydroxylation sites is 1. The van der Waals surface area contributed by atoms with E-state index in [2.05, 4.69) is 20.5 Å². The number of nitrogens with zero attached hydrogens (tertiary/aromatic N) is 3. The molecule has 4 rings (SSSR count). The number of hydrogen-bond donors (Lipinski definition) is 2. The molecule has 2 amide bonds. The number of aromatic nitrogens is 3. The summed E-state index contributed by atoms with van der Waals surface area (Å²) in [5.74, 6) is 2.04. The van der Waals surface area contributed by atoms with E-state index < -0.39 is 0 Å². The minimum Gasteiger partial charge on any atom is -0.496 e. The third-order valence-corrected chi connectivity index (χ3v) is 6.34. The van der Waals surface area contributed by atoms with Gasteiger partial charge in [0.05, 0.1) is 19.1 Å². The first-order chi connectivity index (χ1) is 15.5. The molecule has 2 atom stereocenters. The van der Waals surface area contributed by atoms with Gasteiger partial charge in [0.2, 0.25) is 11.8 Å². The molecule has 1 aromatic carbocycles. The Morgan fingerprint density at radius 1 is 1.25 bits per heavy atom. The van der Waals surface area contributed by atoms with E-state index in [1.807, 2.05) is 36.1 Å². The summed E-state index contributed by atoms with van der Waals surface area (Å²) in [4.78, 5) is 32.2. The smallest absolute Gasteiger partial charge is 0.223 e. The van der Waals surface area contributed by atoms with Crippen LogP contribution < -0.4 is 10.1 Å². The third kappa shape index (κ3) is 5.09. The molecule has 0 saturated carbocycles. The van der Waals surface area contributed by atoms with Gasteiger partial charge in [-0.05, 0) is 37.8 Å². The topological polar surface area (TPSA) is 109 Å². The number of aromatic amines is 1. The Morgan fingerprint density at radius 3 is 2.75 bits per heavy atom. The Morgan fingerprint density at radius 2 is 2.03 bits per heavy atom. The molecule has 0 radical (unpaired) electrons. The van der Waals surface area contributed by atoms with Crippen LogP contribution in [0.15, 0.2) is 24.3 Å². The van der Waals surface area contributed by atoms with Gasteiger partial charge in [0.15, 0.2) is 5.82 Å². The summed E-state index contributed by atoms with van der Waals surface area (Å²) < 4.78 is 10.8. The Balaban J connectivity index is 1.42. The van der Waals surface area contributed by atoms with Crippen molar-refractivity contribution < 1.29 is 19.1 Å². The molecule has 2 saturated heterocycles. The van der Waals surface area contributed by atoms with Crippen molar-refractivity contribution in [3.63, 3.8) is 0 Å². The van der Waals surface area contributed by atoms with E-state index in [1.54, 1.807) is 7.11 Å². The standard InChI is InChI=1S/C23H31N5O4/c1-15-24-22(27-26-15)18-13-28(14-19(18)25-23(30)17-9-11-32-12-10-17)21(29)8-7-16-5-3-4-6-20(16)31-2/h3-6,17-19H,7-14H2,1-2H3,(H,25,30)(H,24,26,27)/t18-,19-/m1/s1. The van der Waals surface area contributed by atoms with Crippen molar-refractivity contribution in [3.8, 4) is 5.75 Å². The van der Waals surface area contributed by atoms with E-state index in [0.717, 1.165) is 30.0 Å². The molecule has 9 heteroatoms. The van der Waals surface area contributed by atoms with Crippen LogP contribution in [0.1, 0.15) is 42.4 Å². The summed E-state index contributed by atoms with van der Waals surface area (Å²) in [6.07, 6.45) is 2.43. The quantitative estimate of drug-likeness (QED) is 0.675. The zero-order valence-electron chi connectivity index (χ0n) is 18.7. The zero-order chi connectivity index (χ0) is 22.5. The van der Waals surface area contributed by atoms with Crippen LogP contribution in [0.5, 0.6) is 5.75 Å². The van der Waals surface area contributed by atoms with Crippen molar-refractivity contribution >= 4 is 11.8 Å². The number of H-pyrrole nitrogens is 1. The predicted octanol–water partition coefficient (Wildman–Crippen LogP) is 1.59. The normalized spacial score (nSPS) is 21.5. The first-order valence-electron chi connectivity index (χ1n) is 11.2. The number of rotatable bonds is 7. The highest BCUT2D eigenvalue weighted by atomic mass is 16.5. The molecule has 172 valence electrons. The fourth-order valence-corrected chi connectivity index (χ4v) is 4.51. The van der Waals surface area contributed by atoms with Gasteiger partial charge in [-0.1, -0.05) is 18.2 Å². The van der Waals surface area contributed by atoms with Gasteiger partial charge < -0.3 is 19.7 Å². The number of amides is 2. The van der Waals surface area contributed by atoms with Gasteiger partial charge in [-0.25, -0.2) is 4.98 Å². The van der Waals surface area contributed by atoms with Crippen molar-refractivity contribution in [2.75, 3.05) is 33.4 Å². The lowest BCUT2D eigenvalue weighted by atomic mass is 9.97. The fourth-order valence-electron chi connectivity index (χ4n) is 4.51. The summed E-state index contributed by atoms with van der Waals surface area (Å²) in [6, 6.07) is 7.53. The summed E-state index contributed by atoms with van der Waals surface area (Å²) in [6.45, 7) is 4.01. The van der Waals surface area contributed by atoms with Crippen LogP contribution in [0.2, 0.25) is 0 Å². The number of likely N-dealkylation sites (tertiary alicyclic amines) is 1. The molecule has 3 heterocycles. The first-order valence-corrected chi connectivity index (χ1v) is 11.2. The maximum Gasteiger partial charge on any atom is 0.223 e. The number of methoxy groups -OCH3 is 1. The number of ether oxygens (including phenoxy) is 2. The maximum atomic E-state index is 13.0. The molecule has 2 aliphatic rings. The molecular weight excluding hydrogens is 410 g/mol. The highest BCUT2D eigenvalue weighted by molar-refractivity contribution is 5.80. The molecule has 0 unspecified atom stereocenters. The third-order valence-electron chi connectivity index (χ3n) is 6.34. The van der Waals surface area contributed by atoms with Crippen molar-refractivity contribution in [2.45, 2.75) is 44.6 Å². The molecule has 32 heavy (non-hydrogen) atoms. The largest absolute Gasteiger partial charge is 0.496 e. The number of nitrogens with one attached hydrogen (secondary N) is 2. The van der Waals surface area contributed by atoms with E-state index >= 15 is 0 Å². The summed E-state index contributed by atoms with van der Waals surface area (Å²) in [5.41, 5.74) is 1.01. The second-order valence-corrected chi connectivity index (χ2v) is 8.50. The minimum atomic E-state index is -0.212. The minimum absolute atomic E-state index is 0.0267. The molecule has 1 aromatic heterocycles. The SMILES string of the molecule is COc1ccccc1CCC(=O)N1C[C@@H](NC(=O)C2CCOCC2)[C@H](c2n[nH]c(C)n2)C1. The maximum absolute atomic E-state index is 13.0. The van der Waals surface area contributed by atoms with Crippen LogP contribution in [-0.4, -0.2) is 71.4 Å².